The Hall–Kier alpha value is -2.20. The van der Waals surface area contributed by atoms with Gasteiger partial charge in [0.2, 0.25) is 5.88 Å². The van der Waals surface area contributed by atoms with Crippen molar-refractivity contribution in [1.29, 1.82) is 0 Å². The second kappa shape index (κ2) is 8.22. The third-order valence-corrected chi connectivity index (χ3v) is 4.28. The van der Waals surface area contributed by atoms with Crippen molar-refractivity contribution in [3.63, 3.8) is 0 Å². The molecule has 0 aromatic carbocycles. The molecule has 0 spiro atoms. The van der Waals surface area contributed by atoms with Crippen LogP contribution in [0.1, 0.15) is 16.1 Å². The first kappa shape index (κ1) is 19.6. The lowest BCUT2D eigenvalue weighted by Crippen LogP contribution is -2.47. The molecule has 144 valence electrons. The predicted octanol–water partition coefficient (Wildman–Crippen LogP) is 3.18. The van der Waals surface area contributed by atoms with E-state index in [0.29, 0.717) is 29.6 Å². The topological polar surface area (TPSA) is 64.6 Å². The van der Waals surface area contributed by atoms with E-state index in [1.165, 1.54) is 0 Å². The van der Waals surface area contributed by atoms with Crippen molar-refractivity contribution in [1.82, 2.24) is 14.9 Å². The summed E-state index contributed by atoms with van der Waals surface area (Å²) in [6.07, 6.45) is -4.15. The minimum absolute atomic E-state index is 0.0590. The molecule has 2 aromatic rings. The second-order valence-corrected chi connectivity index (χ2v) is 6.60. The number of hydrogen-bond donors (Lipinski definition) is 0. The van der Waals surface area contributed by atoms with Gasteiger partial charge in [0, 0.05) is 18.8 Å². The molecular formula is C17H15BrF3N3O3. The Kier molecular flexibility index (Phi) is 5.95. The minimum atomic E-state index is -4.45. The molecule has 1 atom stereocenters. The average molecular weight is 446 g/mol. The maximum atomic E-state index is 12.5. The number of morpholine rings is 1. The van der Waals surface area contributed by atoms with Crippen LogP contribution in [0.4, 0.5) is 13.2 Å². The van der Waals surface area contributed by atoms with Gasteiger partial charge in [-0.05, 0) is 34.1 Å². The number of nitrogens with zero attached hydrogens (tertiary/aromatic N) is 3. The van der Waals surface area contributed by atoms with Gasteiger partial charge < -0.3 is 14.4 Å². The lowest BCUT2D eigenvalue weighted by Gasteiger charge is -2.32. The number of alkyl halides is 3. The molecule has 10 heteroatoms. The van der Waals surface area contributed by atoms with Crippen LogP contribution in [-0.4, -0.2) is 53.2 Å². The van der Waals surface area contributed by atoms with Crippen molar-refractivity contribution in [2.24, 2.45) is 0 Å². The Balaban J connectivity index is 1.56. The molecule has 3 heterocycles. The summed E-state index contributed by atoms with van der Waals surface area (Å²) in [5, 5.41) is 0. The highest BCUT2D eigenvalue weighted by Crippen LogP contribution is 2.29. The van der Waals surface area contributed by atoms with E-state index >= 15 is 0 Å². The Morgan fingerprint density at radius 3 is 2.81 bits per heavy atom. The minimum Gasteiger partial charge on any atom is -0.475 e. The molecule has 1 aliphatic rings. The molecule has 1 aliphatic heterocycles. The predicted molar refractivity (Wildman–Crippen MR) is 92.3 cm³/mol. The molecule has 0 aliphatic carbocycles. The van der Waals surface area contributed by atoms with Crippen LogP contribution in [0.5, 0.6) is 5.88 Å². The van der Waals surface area contributed by atoms with Gasteiger partial charge in [-0.3, -0.25) is 4.79 Å². The number of aromatic nitrogens is 2. The Morgan fingerprint density at radius 2 is 2.15 bits per heavy atom. The first-order chi connectivity index (χ1) is 12.8. The fourth-order valence-electron chi connectivity index (χ4n) is 2.51. The van der Waals surface area contributed by atoms with E-state index < -0.39 is 17.8 Å². The lowest BCUT2D eigenvalue weighted by atomic mass is 10.2. The maximum Gasteiger partial charge on any atom is 0.417 e. The summed E-state index contributed by atoms with van der Waals surface area (Å²) in [7, 11) is 0. The first-order valence-electron chi connectivity index (χ1n) is 8.02. The Bertz CT molecular complexity index is 802. The molecule has 0 saturated carbocycles. The van der Waals surface area contributed by atoms with Gasteiger partial charge in [-0.15, -0.1) is 0 Å². The third kappa shape index (κ3) is 5.16. The van der Waals surface area contributed by atoms with Gasteiger partial charge in [-0.1, -0.05) is 6.07 Å². The van der Waals surface area contributed by atoms with Gasteiger partial charge in [0.15, 0.2) is 0 Å². The molecule has 1 unspecified atom stereocenters. The smallest absolute Gasteiger partial charge is 0.417 e. The van der Waals surface area contributed by atoms with Gasteiger partial charge >= 0.3 is 6.18 Å². The molecule has 3 rings (SSSR count). The van der Waals surface area contributed by atoms with Crippen molar-refractivity contribution in [2.45, 2.75) is 12.3 Å². The Labute approximate surface area is 161 Å². The molecule has 0 radical (unpaired) electrons. The van der Waals surface area contributed by atoms with Gasteiger partial charge in [0.25, 0.3) is 5.91 Å². The van der Waals surface area contributed by atoms with Crippen molar-refractivity contribution in [2.75, 3.05) is 26.3 Å². The van der Waals surface area contributed by atoms with Crippen molar-refractivity contribution < 1.29 is 27.4 Å². The number of rotatable bonds is 4. The fraction of sp³-hybridized carbons (Fsp3) is 0.353. The van der Waals surface area contributed by atoms with E-state index in [1.54, 1.807) is 23.1 Å². The molecule has 2 aromatic heterocycles. The van der Waals surface area contributed by atoms with Crippen molar-refractivity contribution in [3.8, 4) is 5.88 Å². The molecule has 27 heavy (non-hydrogen) atoms. The number of carbonyl (C=O) groups is 1. The Morgan fingerprint density at radius 1 is 1.33 bits per heavy atom. The zero-order chi connectivity index (χ0) is 19.4. The first-order valence-corrected chi connectivity index (χ1v) is 8.82. The highest BCUT2D eigenvalue weighted by molar-refractivity contribution is 9.10. The summed E-state index contributed by atoms with van der Waals surface area (Å²) in [6, 6.07) is 7.13. The molecule has 6 nitrogen and oxygen atoms in total. The van der Waals surface area contributed by atoms with E-state index in [9.17, 15) is 18.0 Å². The van der Waals surface area contributed by atoms with Gasteiger partial charge in [0.05, 0.1) is 18.7 Å². The molecule has 1 fully saturated rings. The largest absolute Gasteiger partial charge is 0.475 e. The summed E-state index contributed by atoms with van der Waals surface area (Å²) in [5.41, 5.74) is -0.530. The van der Waals surface area contributed by atoms with E-state index in [0.717, 1.165) is 12.1 Å². The molecule has 1 saturated heterocycles. The van der Waals surface area contributed by atoms with Gasteiger partial charge in [-0.2, -0.15) is 13.2 Å². The standard InChI is InChI=1S/C17H15BrF3N3O3/c18-14-3-1-2-13(23-14)16(25)24-6-7-26-12(9-24)10-27-15-5-4-11(8-22-15)17(19,20)21/h1-5,8,12H,6-7,9-10H2. The summed E-state index contributed by atoms with van der Waals surface area (Å²) < 4.78 is 49.1. The average Bonchev–Trinajstić information content (AvgIpc) is 2.65. The lowest BCUT2D eigenvalue weighted by molar-refractivity contribution is -0.137. The van der Waals surface area contributed by atoms with Crippen LogP contribution in [-0.2, 0) is 10.9 Å². The van der Waals surface area contributed by atoms with Crippen LogP contribution in [0, 0.1) is 0 Å². The number of halogens is 4. The number of ether oxygens (including phenoxy) is 2. The molecule has 1 amide bonds. The van der Waals surface area contributed by atoms with Crippen LogP contribution in [0.3, 0.4) is 0 Å². The van der Waals surface area contributed by atoms with Crippen LogP contribution in [0.25, 0.3) is 0 Å². The van der Waals surface area contributed by atoms with Gasteiger partial charge in [-0.25, -0.2) is 9.97 Å². The van der Waals surface area contributed by atoms with Crippen LogP contribution < -0.4 is 4.74 Å². The molecular weight excluding hydrogens is 431 g/mol. The SMILES string of the molecule is O=C(c1cccc(Br)n1)N1CCOC(COc2ccc(C(F)(F)F)cn2)C1. The fourth-order valence-corrected chi connectivity index (χ4v) is 2.85. The highest BCUT2D eigenvalue weighted by atomic mass is 79.9. The quantitative estimate of drug-likeness (QED) is 0.676. The van der Waals surface area contributed by atoms with Crippen molar-refractivity contribution in [3.05, 3.63) is 52.4 Å². The van der Waals surface area contributed by atoms with Gasteiger partial charge in [0.1, 0.15) is 23.0 Å². The number of hydrogen-bond acceptors (Lipinski definition) is 5. The zero-order valence-corrected chi connectivity index (χ0v) is 15.5. The maximum absolute atomic E-state index is 12.5. The van der Waals surface area contributed by atoms with Crippen LogP contribution in [0.2, 0.25) is 0 Å². The number of pyridine rings is 2. The van der Waals surface area contributed by atoms with Crippen LogP contribution >= 0.6 is 15.9 Å². The molecule has 0 N–H and O–H groups in total. The van der Waals surface area contributed by atoms with Crippen molar-refractivity contribution >= 4 is 21.8 Å². The second-order valence-electron chi connectivity index (χ2n) is 5.78. The highest BCUT2D eigenvalue weighted by Gasteiger charge is 2.31. The summed E-state index contributed by atoms with van der Waals surface area (Å²) >= 11 is 3.23. The van der Waals surface area contributed by atoms with E-state index in [1.807, 2.05) is 0 Å². The number of amides is 1. The summed E-state index contributed by atoms with van der Waals surface area (Å²) in [4.78, 5) is 21.9. The third-order valence-electron chi connectivity index (χ3n) is 3.84. The molecule has 0 bridgehead atoms. The summed E-state index contributed by atoms with van der Waals surface area (Å²) in [5.74, 6) is -0.166. The zero-order valence-electron chi connectivity index (χ0n) is 13.9. The summed E-state index contributed by atoms with van der Waals surface area (Å²) in [6.45, 7) is 1.10. The monoisotopic (exact) mass is 445 g/mol. The van der Waals surface area contributed by atoms with E-state index in [2.05, 4.69) is 25.9 Å². The van der Waals surface area contributed by atoms with E-state index in [4.69, 9.17) is 9.47 Å². The van der Waals surface area contributed by atoms with E-state index in [-0.39, 0.29) is 24.9 Å². The van der Waals surface area contributed by atoms with Crippen LogP contribution in [0.15, 0.2) is 41.1 Å². The number of carbonyl (C=O) groups excluding carboxylic acids is 1. The normalized spacial score (nSPS) is 17.6.